The Morgan fingerprint density at radius 2 is 1.04 bits per heavy atom. The fourth-order valence-corrected chi connectivity index (χ4v) is 4.03. The molecule has 4 nitrogen and oxygen atoms in total. The Kier molecular flexibility index (Phi) is 5.51. The molecule has 25 heavy (non-hydrogen) atoms. The van der Waals surface area contributed by atoms with Crippen molar-refractivity contribution in [2.45, 2.75) is 90.3 Å². The summed E-state index contributed by atoms with van der Waals surface area (Å²) in [5, 5.41) is 0. The summed E-state index contributed by atoms with van der Waals surface area (Å²) in [6.45, 7) is 17.6. The highest BCUT2D eigenvalue weighted by molar-refractivity contribution is 6.92. The van der Waals surface area contributed by atoms with Gasteiger partial charge in [-0.15, -0.1) is 11.1 Å². The van der Waals surface area contributed by atoms with E-state index in [4.69, 9.17) is 18.9 Å². The van der Waals surface area contributed by atoms with Crippen molar-refractivity contribution in [2.24, 2.45) is 0 Å². The van der Waals surface area contributed by atoms with E-state index in [-0.39, 0.29) is 11.2 Å². The lowest BCUT2D eigenvalue weighted by Gasteiger charge is -2.40. The van der Waals surface area contributed by atoms with Gasteiger partial charge < -0.3 is 18.9 Å². The summed E-state index contributed by atoms with van der Waals surface area (Å²) in [5.74, 6) is 4.66. The van der Waals surface area contributed by atoms with Crippen LogP contribution in [0, 0.1) is 22.9 Å². The zero-order valence-electron chi connectivity index (χ0n) is 17.0. The lowest BCUT2D eigenvalue weighted by Crippen LogP contribution is -2.47. The van der Waals surface area contributed by atoms with Gasteiger partial charge in [0, 0.05) is 13.8 Å². The summed E-state index contributed by atoms with van der Waals surface area (Å²) in [5.41, 5.74) is 6.24. The van der Waals surface area contributed by atoms with Gasteiger partial charge >= 0.3 is 0 Å². The third-order valence-electron chi connectivity index (χ3n) is 4.31. The molecule has 0 aromatic rings. The Bertz CT molecular complexity index is 578. The van der Waals surface area contributed by atoms with Gasteiger partial charge in [-0.2, -0.15) is 0 Å². The van der Waals surface area contributed by atoms with Crippen molar-refractivity contribution < 1.29 is 18.9 Å². The maximum atomic E-state index is 6.03. The largest absolute Gasteiger partial charge is 0.340 e. The van der Waals surface area contributed by atoms with Crippen LogP contribution in [0.3, 0.4) is 0 Å². The van der Waals surface area contributed by atoms with E-state index in [9.17, 15) is 0 Å². The first-order valence-electron chi connectivity index (χ1n) is 9.01. The Balaban J connectivity index is 2.13. The minimum atomic E-state index is -2.10. The highest BCUT2D eigenvalue weighted by Gasteiger charge is 2.39. The summed E-state index contributed by atoms with van der Waals surface area (Å²) in [6, 6.07) is 0. The Morgan fingerprint density at radius 3 is 1.36 bits per heavy atom. The monoisotopic (exact) mass is 364 g/mol. The SMILES string of the molecule is CC1(C)CCOC(C)(C#C[Si](C)(C)C#CC2(C)OCCC(C)(C)O2)O1. The van der Waals surface area contributed by atoms with Crippen molar-refractivity contribution in [1.82, 2.24) is 0 Å². The van der Waals surface area contributed by atoms with Gasteiger partial charge in [0.1, 0.15) is 0 Å². The van der Waals surface area contributed by atoms with Gasteiger partial charge in [-0.3, -0.25) is 0 Å². The van der Waals surface area contributed by atoms with Crippen LogP contribution in [0.1, 0.15) is 54.4 Å². The van der Waals surface area contributed by atoms with Crippen molar-refractivity contribution in [3.63, 3.8) is 0 Å². The van der Waals surface area contributed by atoms with Crippen LogP contribution in [-0.4, -0.2) is 44.1 Å². The molecule has 2 aliphatic rings. The van der Waals surface area contributed by atoms with Crippen LogP contribution >= 0.6 is 0 Å². The highest BCUT2D eigenvalue weighted by atomic mass is 28.3. The first-order chi connectivity index (χ1) is 11.2. The molecule has 2 fully saturated rings. The molecule has 2 atom stereocenters. The molecule has 0 aromatic heterocycles. The van der Waals surface area contributed by atoms with Crippen LogP contribution in [0.2, 0.25) is 13.1 Å². The zero-order chi connectivity index (χ0) is 19.0. The van der Waals surface area contributed by atoms with E-state index < -0.39 is 19.6 Å². The van der Waals surface area contributed by atoms with Gasteiger partial charge in [0.15, 0.2) is 0 Å². The molecule has 2 saturated heterocycles. The first kappa shape index (κ1) is 20.5. The average Bonchev–Trinajstić information content (AvgIpc) is 2.41. The predicted molar refractivity (Wildman–Crippen MR) is 101 cm³/mol. The zero-order valence-corrected chi connectivity index (χ0v) is 18.0. The van der Waals surface area contributed by atoms with E-state index in [1.165, 1.54) is 0 Å². The molecule has 140 valence electrons. The molecule has 0 bridgehead atoms. The summed E-state index contributed by atoms with van der Waals surface area (Å²) in [7, 11) is -2.10. The normalized spacial score (nSPS) is 34.2. The second kappa shape index (κ2) is 6.72. The minimum absolute atomic E-state index is 0.220. The van der Waals surface area contributed by atoms with Gasteiger partial charge in [-0.05, 0) is 65.5 Å². The lowest BCUT2D eigenvalue weighted by atomic mass is 10.0. The van der Waals surface area contributed by atoms with Gasteiger partial charge in [-0.25, -0.2) is 0 Å². The van der Waals surface area contributed by atoms with Crippen LogP contribution < -0.4 is 0 Å². The van der Waals surface area contributed by atoms with Crippen LogP contribution in [0.4, 0.5) is 0 Å². The fourth-order valence-electron chi connectivity index (χ4n) is 2.89. The summed E-state index contributed by atoms with van der Waals surface area (Å²) >= 11 is 0. The molecule has 0 spiro atoms. The number of hydrogen-bond acceptors (Lipinski definition) is 4. The maximum Gasteiger partial charge on any atom is 0.230 e. The van der Waals surface area contributed by atoms with Crippen LogP contribution in [-0.2, 0) is 18.9 Å². The van der Waals surface area contributed by atoms with Crippen molar-refractivity contribution in [3.8, 4) is 22.9 Å². The van der Waals surface area contributed by atoms with Crippen LogP contribution in [0.5, 0.6) is 0 Å². The minimum Gasteiger partial charge on any atom is -0.340 e. The third kappa shape index (κ3) is 6.13. The molecular formula is C20H32O4Si. The predicted octanol–water partition coefficient (Wildman–Crippen LogP) is 3.64. The van der Waals surface area contributed by atoms with Gasteiger partial charge in [0.05, 0.1) is 24.4 Å². The molecule has 2 unspecified atom stereocenters. The molecular weight excluding hydrogens is 332 g/mol. The van der Waals surface area contributed by atoms with Gasteiger partial charge in [-0.1, -0.05) is 0 Å². The molecule has 0 N–H and O–H groups in total. The second-order valence-electron chi connectivity index (χ2n) is 8.94. The smallest absolute Gasteiger partial charge is 0.230 e. The van der Waals surface area contributed by atoms with Crippen molar-refractivity contribution in [1.29, 1.82) is 0 Å². The molecule has 2 rings (SSSR count). The van der Waals surface area contributed by atoms with Gasteiger partial charge in [0.25, 0.3) is 0 Å². The lowest BCUT2D eigenvalue weighted by molar-refractivity contribution is -0.279. The Hall–Kier alpha value is -0.823. The number of rotatable bonds is 0. The summed E-state index contributed by atoms with van der Waals surface area (Å²) in [6.07, 6.45) is 1.74. The standard InChI is InChI=1S/C20H32O4Si/c1-17(2)9-13-21-19(5,23-17)11-15-25(7,8)16-12-20(6)22-14-10-18(3,4)24-20/h9-10,13-14H2,1-8H3. The molecule has 2 heterocycles. The van der Waals surface area contributed by atoms with Crippen molar-refractivity contribution in [3.05, 3.63) is 0 Å². The quantitative estimate of drug-likeness (QED) is 0.486. The van der Waals surface area contributed by atoms with Crippen molar-refractivity contribution in [2.75, 3.05) is 13.2 Å². The first-order valence-corrected chi connectivity index (χ1v) is 12.0. The number of hydrogen-bond donors (Lipinski definition) is 0. The fraction of sp³-hybridized carbons (Fsp3) is 0.800. The maximum absolute atomic E-state index is 6.03. The number of ether oxygens (including phenoxy) is 4. The van der Waals surface area contributed by atoms with E-state index in [1.54, 1.807) is 0 Å². The van der Waals surface area contributed by atoms with Crippen LogP contribution in [0.15, 0.2) is 0 Å². The highest BCUT2D eigenvalue weighted by Crippen LogP contribution is 2.31. The summed E-state index contributed by atoms with van der Waals surface area (Å²) in [4.78, 5) is 0. The Labute approximate surface area is 153 Å². The molecule has 0 saturated carbocycles. The molecule has 0 amide bonds. The third-order valence-corrected chi connectivity index (χ3v) is 5.81. The summed E-state index contributed by atoms with van der Waals surface area (Å²) < 4.78 is 23.6. The van der Waals surface area contributed by atoms with E-state index in [0.29, 0.717) is 13.2 Å². The average molecular weight is 365 g/mol. The van der Waals surface area contributed by atoms with E-state index >= 15 is 0 Å². The van der Waals surface area contributed by atoms with Gasteiger partial charge in [0.2, 0.25) is 19.6 Å². The van der Waals surface area contributed by atoms with E-state index in [1.807, 2.05) is 13.8 Å². The Morgan fingerprint density at radius 1 is 0.680 bits per heavy atom. The molecule has 2 aliphatic heterocycles. The molecule has 0 aromatic carbocycles. The molecule has 0 aliphatic carbocycles. The van der Waals surface area contributed by atoms with E-state index in [0.717, 1.165) is 12.8 Å². The van der Waals surface area contributed by atoms with E-state index in [2.05, 4.69) is 63.7 Å². The topological polar surface area (TPSA) is 36.9 Å². The second-order valence-corrected chi connectivity index (χ2v) is 12.7. The molecule has 0 radical (unpaired) electrons. The van der Waals surface area contributed by atoms with Crippen LogP contribution in [0.25, 0.3) is 0 Å². The van der Waals surface area contributed by atoms with Crippen molar-refractivity contribution >= 4 is 8.07 Å². The molecule has 5 heteroatoms.